The lowest BCUT2D eigenvalue weighted by Crippen LogP contribution is -2.47. The Hall–Kier alpha value is -0.370. The summed E-state index contributed by atoms with van der Waals surface area (Å²) in [7, 11) is 0. The molecule has 0 saturated heterocycles. The Kier molecular flexibility index (Phi) is 3.48. The minimum atomic E-state index is -0.464. The summed E-state index contributed by atoms with van der Waals surface area (Å²) in [5, 5.41) is 0. The first kappa shape index (κ1) is 10.7. The van der Waals surface area contributed by atoms with Crippen LogP contribution in [0.2, 0.25) is 0 Å². The van der Waals surface area contributed by atoms with E-state index in [-0.39, 0.29) is 5.92 Å². The zero-order chi connectivity index (χ0) is 9.90. The van der Waals surface area contributed by atoms with Crippen molar-refractivity contribution in [3.8, 4) is 0 Å². The second kappa shape index (κ2) is 4.23. The van der Waals surface area contributed by atoms with E-state index in [1.807, 2.05) is 6.92 Å². The Bertz CT molecular complexity index is 183. The van der Waals surface area contributed by atoms with Gasteiger partial charge in [0, 0.05) is 5.92 Å². The molecule has 0 heterocycles. The number of Topliss-reactive ketones (excluding diaryl/α,β-unsaturated/α-hetero) is 1. The van der Waals surface area contributed by atoms with Crippen LogP contribution in [0.3, 0.4) is 0 Å². The van der Waals surface area contributed by atoms with Crippen LogP contribution >= 0.6 is 0 Å². The van der Waals surface area contributed by atoms with E-state index >= 15 is 0 Å². The summed E-state index contributed by atoms with van der Waals surface area (Å²) in [6, 6.07) is 0. The molecule has 0 radical (unpaired) electrons. The van der Waals surface area contributed by atoms with Gasteiger partial charge < -0.3 is 5.73 Å². The van der Waals surface area contributed by atoms with Gasteiger partial charge in [-0.1, -0.05) is 33.1 Å². The van der Waals surface area contributed by atoms with Gasteiger partial charge in [-0.25, -0.2) is 0 Å². The maximum Gasteiger partial charge on any atom is 0.155 e. The van der Waals surface area contributed by atoms with Crippen LogP contribution in [0.15, 0.2) is 0 Å². The summed E-state index contributed by atoms with van der Waals surface area (Å²) in [5.74, 6) is 0.458. The molecule has 2 N–H and O–H groups in total. The van der Waals surface area contributed by atoms with Crippen LogP contribution < -0.4 is 5.73 Å². The molecule has 1 fully saturated rings. The second-order valence-electron chi connectivity index (χ2n) is 4.42. The quantitative estimate of drug-likeness (QED) is 0.726. The molecule has 2 nitrogen and oxygen atoms in total. The largest absolute Gasteiger partial charge is 0.319 e. The predicted molar refractivity (Wildman–Crippen MR) is 54.5 cm³/mol. The number of hydrogen-bond donors (Lipinski definition) is 1. The van der Waals surface area contributed by atoms with E-state index in [2.05, 4.69) is 6.92 Å². The molecule has 0 aromatic carbocycles. The minimum Gasteiger partial charge on any atom is -0.319 e. The molecular weight excluding hydrogens is 162 g/mol. The lowest BCUT2D eigenvalue weighted by atomic mass is 9.84. The van der Waals surface area contributed by atoms with Crippen LogP contribution in [-0.4, -0.2) is 11.3 Å². The highest BCUT2D eigenvalue weighted by Gasteiger charge is 2.38. The summed E-state index contributed by atoms with van der Waals surface area (Å²) in [6.45, 7) is 4.13. The molecule has 0 aromatic rings. The van der Waals surface area contributed by atoms with Crippen LogP contribution in [0.1, 0.15) is 52.4 Å². The smallest absolute Gasteiger partial charge is 0.155 e. The van der Waals surface area contributed by atoms with E-state index < -0.39 is 5.54 Å². The molecule has 0 spiro atoms. The Morgan fingerprint density at radius 3 is 2.46 bits per heavy atom. The van der Waals surface area contributed by atoms with Gasteiger partial charge in [-0.3, -0.25) is 4.79 Å². The molecule has 1 atom stereocenters. The third-order valence-corrected chi connectivity index (χ3v) is 3.16. The van der Waals surface area contributed by atoms with Crippen LogP contribution in [0.5, 0.6) is 0 Å². The second-order valence-corrected chi connectivity index (χ2v) is 4.42. The van der Waals surface area contributed by atoms with E-state index in [0.717, 1.165) is 38.5 Å². The summed E-state index contributed by atoms with van der Waals surface area (Å²) in [4.78, 5) is 11.9. The van der Waals surface area contributed by atoms with Gasteiger partial charge in [-0.15, -0.1) is 0 Å². The van der Waals surface area contributed by atoms with Gasteiger partial charge in [0.25, 0.3) is 0 Å². The van der Waals surface area contributed by atoms with Crippen molar-refractivity contribution in [1.82, 2.24) is 0 Å². The molecule has 0 aromatic heterocycles. The molecule has 0 amide bonds. The molecule has 1 aliphatic carbocycles. The van der Waals surface area contributed by atoms with Gasteiger partial charge in [0.05, 0.1) is 5.54 Å². The lowest BCUT2D eigenvalue weighted by Gasteiger charge is -2.25. The van der Waals surface area contributed by atoms with Crippen molar-refractivity contribution >= 4 is 5.78 Å². The van der Waals surface area contributed by atoms with E-state index in [4.69, 9.17) is 5.73 Å². The zero-order valence-corrected chi connectivity index (χ0v) is 8.81. The highest BCUT2D eigenvalue weighted by Crippen LogP contribution is 2.31. The van der Waals surface area contributed by atoms with Crippen LogP contribution in [-0.2, 0) is 4.79 Å². The maximum atomic E-state index is 11.9. The molecule has 0 aliphatic heterocycles. The fourth-order valence-corrected chi connectivity index (χ4v) is 2.31. The molecule has 0 bridgehead atoms. The van der Waals surface area contributed by atoms with Gasteiger partial charge in [0.15, 0.2) is 5.78 Å². The van der Waals surface area contributed by atoms with Crippen molar-refractivity contribution in [2.45, 2.75) is 57.9 Å². The molecule has 1 aliphatic rings. The van der Waals surface area contributed by atoms with Crippen molar-refractivity contribution in [2.75, 3.05) is 0 Å². The van der Waals surface area contributed by atoms with Crippen molar-refractivity contribution in [3.63, 3.8) is 0 Å². The van der Waals surface area contributed by atoms with E-state index in [0.29, 0.717) is 5.78 Å². The summed E-state index contributed by atoms with van der Waals surface area (Å²) in [6.07, 6.45) is 6.11. The fraction of sp³-hybridized carbons (Fsp3) is 0.909. The highest BCUT2D eigenvalue weighted by molar-refractivity contribution is 5.90. The SMILES string of the molecule is CCCC(C)C(=O)C1(N)CCCC1. The number of carbonyl (C=O) groups is 1. The van der Waals surface area contributed by atoms with Crippen LogP contribution in [0, 0.1) is 5.92 Å². The molecule has 1 unspecified atom stereocenters. The first-order valence-corrected chi connectivity index (χ1v) is 5.43. The third-order valence-electron chi connectivity index (χ3n) is 3.16. The third kappa shape index (κ3) is 2.31. The average molecular weight is 183 g/mol. The van der Waals surface area contributed by atoms with Gasteiger partial charge in [-0.2, -0.15) is 0 Å². The Balaban J connectivity index is 2.54. The van der Waals surface area contributed by atoms with Crippen molar-refractivity contribution < 1.29 is 4.79 Å². The van der Waals surface area contributed by atoms with E-state index in [1.165, 1.54) is 0 Å². The number of hydrogen-bond acceptors (Lipinski definition) is 2. The van der Waals surface area contributed by atoms with Gasteiger partial charge >= 0.3 is 0 Å². The van der Waals surface area contributed by atoms with Crippen molar-refractivity contribution in [2.24, 2.45) is 11.7 Å². The Morgan fingerprint density at radius 1 is 1.46 bits per heavy atom. The monoisotopic (exact) mass is 183 g/mol. The summed E-state index contributed by atoms with van der Waals surface area (Å²) < 4.78 is 0. The maximum absolute atomic E-state index is 11.9. The summed E-state index contributed by atoms with van der Waals surface area (Å²) >= 11 is 0. The van der Waals surface area contributed by atoms with E-state index in [1.54, 1.807) is 0 Å². The predicted octanol–water partition coefficient (Wildman–Crippen LogP) is 2.26. The Labute approximate surface area is 80.9 Å². The molecule has 76 valence electrons. The van der Waals surface area contributed by atoms with Crippen LogP contribution in [0.4, 0.5) is 0 Å². The molecule has 1 saturated carbocycles. The molecule has 13 heavy (non-hydrogen) atoms. The minimum absolute atomic E-state index is 0.160. The number of rotatable bonds is 4. The molecule has 2 heteroatoms. The Morgan fingerprint density at radius 2 is 2.00 bits per heavy atom. The average Bonchev–Trinajstić information content (AvgIpc) is 2.52. The zero-order valence-electron chi connectivity index (χ0n) is 8.81. The fourth-order valence-electron chi connectivity index (χ4n) is 2.31. The first-order chi connectivity index (χ1) is 6.10. The topological polar surface area (TPSA) is 43.1 Å². The molecular formula is C11H21NO. The number of nitrogens with two attached hydrogens (primary N) is 1. The number of carbonyl (C=O) groups excluding carboxylic acids is 1. The standard InChI is InChI=1S/C11H21NO/c1-3-6-9(2)10(13)11(12)7-4-5-8-11/h9H,3-8,12H2,1-2H3. The summed E-state index contributed by atoms with van der Waals surface area (Å²) in [5.41, 5.74) is 5.62. The normalized spacial score (nSPS) is 23.0. The number of ketones is 1. The van der Waals surface area contributed by atoms with Gasteiger partial charge in [0.2, 0.25) is 0 Å². The molecule has 1 rings (SSSR count). The highest BCUT2D eigenvalue weighted by atomic mass is 16.1. The van der Waals surface area contributed by atoms with E-state index in [9.17, 15) is 4.79 Å². The lowest BCUT2D eigenvalue weighted by molar-refractivity contribution is -0.127. The van der Waals surface area contributed by atoms with Gasteiger partial charge in [0.1, 0.15) is 0 Å². The van der Waals surface area contributed by atoms with Crippen molar-refractivity contribution in [3.05, 3.63) is 0 Å². The first-order valence-electron chi connectivity index (χ1n) is 5.43. The van der Waals surface area contributed by atoms with Gasteiger partial charge in [-0.05, 0) is 19.3 Å². The van der Waals surface area contributed by atoms with Crippen molar-refractivity contribution in [1.29, 1.82) is 0 Å². The van der Waals surface area contributed by atoms with Crippen LogP contribution in [0.25, 0.3) is 0 Å².